The van der Waals surface area contributed by atoms with Crippen LogP contribution in [-0.2, 0) is 4.79 Å². The molecule has 2 amide bonds. The molecule has 0 radical (unpaired) electrons. The standard InChI is InChI=1S/C22H29N9O4/c1-2-15(32)27-13-7-14(18(34)17(13)33)30-10-24-16-20(26-12-5-3-4-6-12)28-22(29-21(16)30)31-9-11(8-25-31)19(23)35/h8-10,12-14,17-18,33-34H,2-7H2,1H3,(H2,23,35)(H,27,32)(H,26,28,29)/t13-,14+,17+,18-/m0/s1. The number of aromatic nitrogens is 6. The lowest BCUT2D eigenvalue weighted by Crippen LogP contribution is -2.42. The van der Waals surface area contributed by atoms with Crippen LogP contribution in [0.1, 0.15) is 61.8 Å². The molecule has 186 valence electrons. The van der Waals surface area contributed by atoms with Crippen molar-refractivity contribution in [1.82, 2.24) is 34.6 Å². The van der Waals surface area contributed by atoms with Crippen LogP contribution in [0.4, 0.5) is 5.82 Å². The van der Waals surface area contributed by atoms with Gasteiger partial charge in [-0.2, -0.15) is 15.1 Å². The largest absolute Gasteiger partial charge is 0.388 e. The quantitative estimate of drug-likeness (QED) is 0.309. The van der Waals surface area contributed by atoms with Crippen molar-refractivity contribution in [3.63, 3.8) is 0 Å². The summed E-state index contributed by atoms with van der Waals surface area (Å²) in [4.78, 5) is 37.2. The van der Waals surface area contributed by atoms with Crippen LogP contribution in [0.3, 0.4) is 0 Å². The van der Waals surface area contributed by atoms with E-state index in [0.29, 0.717) is 23.4 Å². The fourth-order valence-corrected chi connectivity index (χ4v) is 4.91. The van der Waals surface area contributed by atoms with Crippen LogP contribution >= 0.6 is 0 Å². The molecule has 0 unspecified atom stereocenters. The number of carbonyl (C=O) groups excluding carboxylic acids is 2. The maximum absolute atomic E-state index is 11.9. The molecular formula is C22H29N9O4. The monoisotopic (exact) mass is 483 g/mol. The fourth-order valence-electron chi connectivity index (χ4n) is 4.91. The number of rotatable bonds is 7. The number of nitrogens with two attached hydrogens (primary N) is 1. The zero-order valence-electron chi connectivity index (χ0n) is 19.3. The number of primary amides is 1. The minimum Gasteiger partial charge on any atom is -0.388 e. The Labute approximate surface area is 200 Å². The van der Waals surface area contributed by atoms with E-state index in [1.165, 1.54) is 17.1 Å². The third kappa shape index (κ3) is 4.32. The second-order valence-electron chi connectivity index (χ2n) is 9.17. The molecule has 2 fully saturated rings. The van der Waals surface area contributed by atoms with Gasteiger partial charge in [-0.05, 0) is 19.3 Å². The van der Waals surface area contributed by atoms with Gasteiger partial charge in [-0.1, -0.05) is 19.8 Å². The van der Waals surface area contributed by atoms with Crippen LogP contribution in [0.15, 0.2) is 18.7 Å². The van der Waals surface area contributed by atoms with Crippen LogP contribution in [-0.4, -0.2) is 75.6 Å². The van der Waals surface area contributed by atoms with Crippen molar-refractivity contribution < 1.29 is 19.8 Å². The lowest BCUT2D eigenvalue weighted by molar-refractivity contribution is -0.122. The summed E-state index contributed by atoms with van der Waals surface area (Å²) in [5.41, 5.74) is 6.54. The number of anilines is 1. The number of aliphatic hydroxyl groups excluding tert-OH is 2. The molecule has 3 heterocycles. The molecule has 2 aliphatic rings. The summed E-state index contributed by atoms with van der Waals surface area (Å²) < 4.78 is 3.06. The van der Waals surface area contributed by atoms with Gasteiger partial charge in [0.2, 0.25) is 5.91 Å². The molecule has 0 aromatic carbocycles. The summed E-state index contributed by atoms with van der Waals surface area (Å²) in [5, 5.41) is 31.8. The van der Waals surface area contributed by atoms with Crippen LogP contribution in [0.2, 0.25) is 0 Å². The minimum atomic E-state index is -1.13. The van der Waals surface area contributed by atoms with Gasteiger partial charge in [0, 0.05) is 18.7 Å². The predicted molar refractivity (Wildman–Crippen MR) is 125 cm³/mol. The van der Waals surface area contributed by atoms with Crippen molar-refractivity contribution in [2.24, 2.45) is 5.73 Å². The predicted octanol–water partition coefficient (Wildman–Crippen LogP) is 0.0268. The van der Waals surface area contributed by atoms with Gasteiger partial charge in [0.25, 0.3) is 11.9 Å². The number of nitrogens with zero attached hydrogens (tertiary/aromatic N) is 6. The second-order valence-corrected chi connectivity index (χ2v) is 9.17. The Morgan fingerprint density at radius 3 is 2.66 bits per heavy atom. The van der Waals surface area contributed by atoms with Crippen molar-refractivity contribution >= 4 is 28.8 Å². The molecule has 5 rings (SSSR count). The molecule has 6 N–H and O–H groups in total. The zero-order valence-corrected chi connectivity index (χ0v) is 19.3. The summed E-state index contributed by atoms with van der Waals surface area (Å²) in [6, 6.07) is -0.919. The third-order valence-corrected chi connectivity index (χ3v) is 6.85. The van der Waals surface area contributed by atoms with E-state index in [1.807, 2.05) is 0 Å². The van der Waals surface area contributed by atoms with Crippen molar-refractivity contribution in [3.05, 3.63) is 24.3 Å². The van der Waals surface area contributed by atoms with Gasteiger partial charge in [-0.15, -0.1) is 0 Å². The Kier molecular flexibility index (Phi) is 6.11. The number of aliphatic hydroxyl groups is 2. The van der Waals surface area contributed by atoms with Crippen molar-refractivity contribution in [1.29, 1.82) is 0 Å². The Balaban J connectivity index is 1.56. The molecule has 3 aromatic heterocycles. The first kappa shape index (κ1) is 23.2. The second kappa shape index (κ2) is 9.23. The highest BCUT2D eigenvalue weighted by Gasteiger charge is 2.43. The highest BCUT2D eigenvalue weighted by molar-refractivity contribution is 5.92. The molecule has 0 saturated heterocycles. The number of hydrogen-bond acceptors (Lipinski definition) is 9. The zero-order chi connectivity index (χ0) is 24.7. The van der Waals surface area contributed by atoms with Gasteiger partial charge >= 0.3 is 0 Å². The van der Waals surface area contributed by atoms with Gasteiger partial charge in [0.1, 0.15) is 12.2 Å². The summed E-state index contributed by atoms with van der Waals surface area (Å²) in [5.74, 6) is -0.0874. The minimum absolute atomic E-state index is 0.200. The smallest absolute Gasteiger partial charge is 0.254 e. The van der Waals surface area contributed by atoms with Crippen molar-refractivity contribution in [2.75, 3.05) is 5.32 Å². The average molecular weight is 484 g/mol. The molecule has 0 bridgehead atoms. The van der Waals surface area contributed by atoms with Gasteiger partial charge in [0.05, 0.1) is 30.2 Å². The van der Waals surface area contributed by atoms with Crippen molar-refractivity contribution in [3.8, 4) is 5.95 Å². The fraction of sp³-hybridized carbons (Fsp3) is 0.545. The lowest BCUT2D eigenvalue weighted by atomic mass is 10.2. The van der Waals surface area contributed by atoms with E-state index in [-0.39, 0.29) is 29.9 Å². The maximum atomic E-state index is 11.9. The SMILES string of the molecule is CCC(=O)N[C@H]1C[C@@H](n2cnc3c(NC4CCCC4)nc(-n4cc(C(N)=O)cn4)nc32)[C@H](O)[C@@H]1O. The summed E-state index contributed by atoms with van der Waals surface area (Å²) in [6.07, 6.45) is 6.97. The van der Waals surface area contributed by atoms with Gasteiger partial charge in [-0.3, -0.25) is 9.59 Å². The third-order valence-electron chi connectivity index (χ3n) is 6.85. The van der Waals surface area contributed by atoms with Crippen LogP contribution < -0.4 is 16.4 Å². The normalized spacial score (nSPS) is 24.8. The van der Waals surface area contributed by atoms with E-state index in [4.69, 9.17) is 5.73 Å². The van der Waals surface area contributed by atoms with Gasteiger partial charge < -0.3 is 31.1 Å². The molecular weight excluding hydrogens is 454 g/mol. The van der Waals surface area contributed by atoms with Crippen LogP contribution in [0, 0.1) is 0 Å². The Hall–Kier alpha value is -3.58. The molecule has 4 atom stereocenters. The van der Waals surface area contributed by atoms with E-state index >= 15 is 0 Å². The van der Waals surface area contributed by atoms with E-state index in [0.717, 1.165) is 25.7 Å². The lowest BCUT2D eigenvalue weighted by Gasteiger charge is -2.19. The number of amides is 2. The molecule has 35 heavy (non-hydrogen) atoms. The van der Waals surface area contributed by atoms with Crippen LogP contribution in [0.25, 0.3) is 17.1 Å². The molecule has 13 heteroatoms. The first-order valence-electron chi connectivity index (χ1n) is 11.9. The maximum Gasteiger partial charge on any atom is 0.254 e. The Bertz CT molecular complexity index is 1250. The highest BCUT2D eigenvalue weighted by atomic mass is 16.3. The molecule has 2 aliphatic carbocycles. The van der Waals surface area contributed by atoms with Crippen molar-refractivity contribution in [2.45, 2.75) is 75.8 Å². The van der Waals surface area contributed by atoms with Gasteiger partial charge in [-0.25, -0.2) is 9.67 Å². The van der Waals surface area contributed by atoms with E-state index in [9.17, 15) is 19.8 Å². The number of carbonyl (C=O) groups is 2. The van der Waals surface area contributed by atoms with E-state index in [2.05, 4.69) is 30.7 Å². The number of imidazole rings is 1. The molecule has 2 saturated carbocycles. The summed E-state index contributed by atoms with van der Waals surface area (Å²) >= 11 is 0. The molecule has 0 aliphatic heterocycles. The number of hydrogen-bond donors (Lipinski definition) is 5. The topological polar surface area (TPSA) is 186 Å². The number of fused-ring (bicyclic) bond motifs is 1. The van der Waals surface area contributed by atoms with E-state index in [1.54, 1.807) is 17.8 Å². The van der Waals surface area contributed by atoms with E-state index < -0.39 is 30.2 Å². The summed E-state index contributed by atoms with van der Waals surface area (Å²) in [7, 11) is 0. The molecule has 3 aromatic rings. The molecule has 0 spiro atoms. The number of nitrogens with one attached hydrogen (secondary N) is 2. The molecule has 13 nitrogen and oxygen atoms in total. The Morgan fingerprint density at radius 2 is 1.97 bits per heavy atom. The van der Waals surface area contributed by atoms with Gasteiger partial charge in [0.15, 0.2) is 17.0 Å². The first-order chi connectivity index (χ1) is 16.9. The Morgan fingerprint density at radius 1 is 1.20 bits per heavy atom. The average Bonchev–Trinajstić information content (AvgIpc) is 3.63. The summed E-state index contributed by atoms with van der Waals surface area (Å²) in [6.45, 7) is 1.73. The van der Waals surface area contributed by atoms with Crippen LogP contribution in [0.5, 0.6) is 0 Å². The highest BCUT2D eigenvalue weighted by Crippen LogP contribution is 2.35. The first-order valence-corrected chi connectivity index (χ1v) is 11.9.